The van der Waals surface area contributed by atoms with Gasteiger partial charge in [-0.05, 0) is 52.3 Å². The van der Waals surface area contributed by atoms with Crippen LogP contribution in [0.25, 0.3) is 0 Å². The Bertz CT molecular complexity index is 538. The normalized spacial score (nSPS) is 12.2. The number of rotatable bonds is 7. The molecule has 5 nitrogen and oxygen atoms in total. The maximum absolute atomic E-state index is 12.5. The summed E-state index contributed by atoms with van der Waals surface area (Å²) in [6.45, 7) is 9.59. The molecular weight excluding hydrogens is 303 g/mol. The summed E-state index contributed by atoms with van der Waals surface area (Å²) in [5.41, 5.74) is 0.583. The van der Waals surface area contributed by atoms with Crippen molar-refractivity contribution in [3.05, 3.63) is 35.4 Å². The first-order valence-corrected chi connectivity index (χ1v) is 9.12. The third-order valence-corrected chi connectivity index (χ3v) is 4.65. The number of esters is 1. The molecule has 6 heteroatoms. The first-order valence-electron chi connectivity index (χ1n) is 7.39. The topological polar surface area (TPSA) is 61.8 Å². The van der Waals surface area contributed by atoms with Crippen molar-refractivity contribution < 1.29 is 23.1 Å². The van der Waals surface area contributed by atoms with E-state index in [0.717, 1.165) is 0 Å². The van der Waals surface area contributed by atoms with Crippen LogP contribution in [-0.4, -0.2) is 24.8 Å². The lowest BCUT2D eigenvalue weighted by Crippen LogP contribution is -2.23. The highest BCUT2D eigenvalue weighted by atomic mass is 31.2. The molecular formula is C16H25O5P. The Labute approximate surface area is 132 Å². The minimum atomic E-state index is -3.18. The highest BCUT2D eigenvalue weighted by Gasteiger charge is 2.25. The summed E-state index contributed by atoms with van der Waals surface area (Å²) >= 11 is 0. The van der Waals surface area contributed by atoms with E-state index >= 15 is 0 Å². The molecule has 0 spiro atoms. The lowest BCUT2D eigenvalue weighted by molar-refractivity contribution is 0.00693. The van der Waals surface area contributed by atoms with Gasteiger partial charge in [-0.2, -0.15) is 0 Å². The number of benzene rings is 1. The van der Waals surface area contributed by atoms with Crippen molar-refractivity contribution in [2.75, 3.05) is 13.2 Å². The molecule has 0 radical (unpaired) electrons. The fourth-order valence-electron chi connectivity index (χ4n) is 1.88. The molecule has 0 saturated carbocycles. The standard InChI is InChI=1S/C16H25O5P/c1-6-19-22(18,20-7-2)12-13-9-8-10-14(11-13)15(17)21-16(3,4)5/h8-11H,6-7,12H2,1-5H3. The van der Waals surface area contributed by atoms with Crippen LogP contribution in [0.4, 0.5) is 0 Å². The zero-order chi connectivity index (χ0) is 16.8. The van der Waals surface area contributed by atoms with E-state index in [-0.39, 0.29) is 6.16 Å². The Morgan fingerprint density at radius 1 is 1.14 bits per heavy atom. The van der Waals surface area contributed by atoms with E-state index in [1.807, 2.05) is 20.8 Å². The van der Waals surface area contributed by atoms with Gasteiger partial charge in [0.05, 0.1) is 24.9 Å². The number of hydrogen-bond donors (Lipinski definition) is 0. The molecule has 0 atom stereocenters. The van der Waals surface area contributed by atoms with Gasteiger partial charge in [-0.1, -0.05) is 12.1 Å². The van der Waals surface area contributed by atoms with Gasteiger partial charge in [0.25, 0.3) is 0 Å². The summed E-state index contributed by atoms with van der Waals surface area (Å²) in [6.07, 6.45) is 0.130. The third kappa shape index (κ3) is 6.30. The van der Waals surface area contributed by atoms with E-state index in [1.165, 1.54) is 0 Å². The van der Waals surface area contributed by atoms with Crippen LogP contribution in [0.3, 0.4) is 0 Å². The smallest absolute Gasteiger partial charge is 0.338 e. The highest BCUT2D eigenvalue weighted by Crippen LogP contribution is 2.51. The molecule has 0 aromatic heterocycles. The first kappa shape index (κ1) is 18.9. The lowest BCUT2D eigenvalue weighted by atomic mass is 10.1. The Hall–Kier alpha value is -1.16. The average Bonchev–Trinajstić information content (AvgIpc) is 2.37. The summed E-state index contributed by atoms with van der Waals surface area (Å²) in [5, 5.41) is 0. The van der Waals surface area contributed by atoms with Crippen molar-refractivity contribution in [1.82, 2.24) is 0 Å². The Balaban J connectivity index is 2.92. The zero-order valence-electron chi connectivity index (χ0n) is 13.9. The molecule has 1 rings (SSSR count). The molecule has 0 heterocycles. The fourth-order valence-corrected chi connectivity index (χ4v) is 3.57. The van der Waals surface area contributed by atoms with Gasteiger partial charge in [0.2, 0.25) is 0 Å². The highest BCUT2D eigenvalue weighted by molar-refractivity contribution is 7.53. The second-order valence-corrected chi connectivity index (χ2v) is 7.86. The molecule has 0 aliphatic carbocycles. The number of carbonyl (C=O) groups excluding carboxylic acids is 1. The quantitative estimate of drug-likeness (QED) is 0.548. The Morgan fingerprint density at radius 3 is 2.23 bits per heavy atom. The molecule has 124 valence electrons. The van der Waals surface area contributed by atoms with Crippen molar-refractivity contribution in [1.29, 1.82) is 0 Å². The minimum absolute atomic E-state index is 0.130. The number of hydrogen-bond acceptors (Lipinski definition) is 5. The predicted octanol–water partition coefficient (Wildman–Crippen LogP) is 4.41. The Morgan fingerprint density at radius 2 is 1.73 bits per heavy atom. The predicted molar refractivity (Wildman–Crippen MR) is 86.2 cm³/mol. The minimum Gasteiger partial charge on any atom is -0.456 e. The molecule has 0 aliphatic heterocycles. The van der Waals surface area contributed by atoms with E-state index in [2.05, 4.69) is 0 Å². The molecule has 0 fully saturated rings. The molecule has 0 unspecified atom stereocenters. The van der Waals surface area contributed by atoms with Crippen molar-refractivity contribution in [2.45, 2.75) is 46.4 Å². The van der Waals surface area contributed by atoms with Gasteiger partial charge in [-0.25, -0.2) is 4.79 Å². The van der Waals surface area contributed by atoms with Crippen molar-refractivity contribution >= 4 is 13.6 Å². The summed E-state index contributed by atoms with van der Waals surface area (Å²) in [5.74, 6) is -0.406. The van der Waals surface area contributed by atoms with Gasteiger partial charge < -0.3 is 13.8 Å². The molecule has 0 saturated heterocycles. The van der Waals surface area contributed by atoms with Crippen LogP contribution >= 0.6 is 7.60 Å². The monoisotopic (exact) mass is 328 g/mol. The fraction of sp³-hybridized carbons (Fsp3) is 0.562. The zero-order valence-corrected chi connectivity index (χ0v) is 14.8. The summed E-state index contributed by atoms with van der Waals surface area (Å²) in [4.78, 5) is 12.1. The molecule has 0 aliphatic rings. The molecule has 1 aromatic rings. The molecule has 22 heavy (non-hydrogen) atoms. The van der Waals surface area contributed by atoms with Crippen LogP contribution in [0.15, 0.2) is 24.3 Å². The average molecular weight is 328 g/mol. The van der Waals surface area contributed by atoms with Crippen LogP contribution in [0.5, 0.6) is 0 Å². The van der Waals surface area contributed by atoms with Gasteiger partial charge in [-0.3, -0.25) is 4.57 Å². The van der Waals surface area contributed by atoms with Gasteiger partial charge >= 0.3 is 13.6 Å². The molecule has 0 bridgehead atoms. The van der Waals surface area contributed by atoms with Gasteiger partial charge in [0.15, 0.2) is 0 Å². The van der Waals surface area contributed by atoms with Gasteiger partial charge in [0, 0.05) is 0 Å². The maximum Gasteiger partial charge on any atom is 0.338 e. The van der Waals surface area contributed by atoms with Gasteiger partial charge in [0.1, 0.15) is 5.60 Å². The number of carbonyl (C=O) groups is 1. The number of ether oxygens (including phenoxy) is 1. The van der Waals surface area contributed by atoms with E-state index in [4.69, 9.17) is 13.8 Å². The lowest BCUT2D eigenvalue weighted by Gasteiger charge is -2.20. The SMILES string of the molecule is CCOP(=O)(Cc1cccc(C(=O)OC(C)(C)C)c1)OCC. The first-order chi connectivity index (χ1) is 10.2. The summed E-state index contributed by atoms with van der Waals surface area (Å²) in [7, 11) is -3.18. The van der Waals surface area contributed by atoms with Crippen LogP contribution < -0.4 is 0 Å². The van der Waals surface area contributed by atoms with E-state index < -0.39 is 19.2 Å². The molecule has 1 aromatic carbocycles. The van der Waals surface area contributed by atoms with E-state index in [9.17, 15) is 9.36 Å². The summed E-state index contributed by atoms with van der Waals surface area (Å²) in [6, 6.07) is 6.86. The van der Waals surface area contributed by atoms with Crippen molar-refractivity contribution in [3.63, 3.8) is 0 Å². The van der Waals surface area contributed by atoms with Crippen molar-refractivity contribution in [2.24, 2.45) is 0 Å². The van der Waals surface area contributed by atoms with Crippen LogP contribution in [-0.2, 0) is 24.5 Å². The third-order valence-electron chi connectivity index (χ3n) is 2.59. The Kier molecular flexibility index (Phi) is 6.79. The van der Waals surface area contributed by atoms with Crippen LogP contribution in [0.1, 0.15) is 50.5 Å². The van der Waals surface area contributed by atoms with Crippen molar-refractivity contribution in [3.8, 4) is 0 Å². The van der Waals surface area contributed by atoms with Crippen LogP contribution in [0, 0.1) is 0 Å². The second-order valence-electron chi connectivity index (χ2n) is 5.81. The van der Waals surface area contributed by atoms with Crippen LogP contribution in [0.2, 0.25) is 0 Å². The molecule has 0 amide bonds. The summed E-state index contributed by atoms with van der Waals surface area (Å²) < 4.78 is 28.4. The van der Waals surface area contributed by atoms with E-state index in [1.54, 1.807) is 38.1 Å². The van der Waals surface area contributed by atoms with E-state index in [0.29, 0.717) is 24.3 Å². The largest absolute Gasteiger partial charge is 0.456 e. The maximum atomic E-state index is 12.5. The molecule has 0 N–H and O–H groups in total. The van der Waals surface area contributed by atoms with Gasteiger partial charge in [-0.15, -0.1) is 0 Å². The second kappa shape index (κ2) is 7.91.